The number of hydrogen-bond acceptors (Lipinski definition) is 1. The van der Waals surface area contributed by atoms with Gasteiger partial charge in [-0.05, 0) is 19.1 Å². The number of benzene rings is 2. The summed E-state index contributed by atoms with van der Waals surface area (Å²) in [5.41, 5.74) is 1.39. The number of carbonyl (C=O) groups excluding carboxylic acids is 1. The fraction of sp³-hybridized carbons (Fsp3) is 0.235. The molecular weight excluding hydrogens is 267 g/mol. The quantitative estimate of drug-likeness (QED) is 0.865. The molecule has 1 unspecified atom stereocenters. The van der Waals surface area contributed by atoms with Crippen molar-refractivity contribution < 1.29 is 14.1 Å². The van der Waals surface area contributed by atoms with Gasteiger partial charge in [-0.25, -0.2) is 4.39 Å². The Morgan fingerprint density at radius 1 is 1.14 bits per heavy atom. The van der Waals surface area contributed by atoms with Crippen LogP contribution in [0.3, 0.4) is 0 Å². The maximum atomic E-state index is 13.5. The lowest BCUT2D eigenvalue weighted by atomic mass is 10.2. The van der Waals surface area contributed by atoms with Crippen LogP contribution in [-0.4, -0.2) is 19.0 Å². The van der Waals surface area contributed by atoms with E-state index in [4.69, 9.17) is 0 Å². The first-order chi connectivity index (χ1) is 10.1. The topological polar surface area (TPSA) is 33.5 Å². The minimum atomic E-state index is -0.418. The highest BCUT2D eigenvalue weighted by Gasteiger charge is 2.22. The molecule has 0 aliphatic heterocycles. The van der Waals surface area contributed by atoms with E-state index >= 15 is 0 Å². The van der Waals surface area contributed by atoms with Crippen LogP contribution in [0.4, 0.5) is 10.1 Å². The lowest BCUT2D eigenvalue weighted by Gasteiger charge is -2.21. The number of likely N-dealkylation sites (N-methyl/N-ethyl adjacent to an activating group) is 1. The molecule has 21 heavy (non-hydrogen) atoms. The zero-order valence-electron chi connectivity index (χ0n) is 12.3. The van der Waals surface area contributed by atoms with Crippen molar-refractivity contribution in [3.05, 3.63) is 66.0 Å². The van der Waals surface area contributed by atoms with Crippen molar-refractivity contribution in [1.82, 2.24) is 0 Å². The average molecular weight is 287 g/mol. The largest absolute Gasteiger partial charge is 0.324 e. The molecule has 0 aliphatic rings. The Morgan fingerprint density at radius 2 is 1.76 bits per heavy atom. The van der Waals surface area contributed by atoms with E-state index in [2.05, 4.69) is 5.32 Å². The number of carbonyl (C=O) groups is 1. The molecule has 1 amide bonds. The molecule has 0 heterocycles. The Bertz CT molecular complexity index is 601. The van der Waals surface area contributed by atoms with Crippen LogP contribution in [-0.2, 0) is 11.3 Å². The molecule has 2 aromatic carbocycles. The molecule has 0 saturated heterocycles. The van der Waals surface area contributed by atoms with E-state index < -0.39 is 5.82 Å². The first-order valence-electron chi connectivity index (χ1n) is 6.99. The van der Waals surface area contributed by atoms with Crippen LogP contribution in [0.25, 0.3) is 0 Å². The van der Waals surface area contributed by atoms with Crippen molar-refractivity contribution in [3.63, 3.8) is 0 Å². The lowest BCUT2D eigenvalue weighted by molar-refractivity contribution is -0.907. The van der Waals surface area contributed by atoms with Gasteiger partial charge in [-0.3, -0.25) is 4.79 Å². The molecule has 2 N–H and O–H groups in total. The maximum absolute atomic E-state index is 13.5. The van der Waals surface area contributed by atoms with Gasteiger partial charge in [0.05, 0.1) is 12.7 Å². The number of hydrogen-bond donors (Lipinski definition) is 2. The smallest absolute Gasteiger partial charge is 0.282 e. The molecular formula is C17H20FN2O+. The molecule has 2 atom stereocenters. The first-order valence-corrected chi connectivity index (χ1v) is 6.99. The van der Waals surface area contributed by atoms with Gasteiger partial charge in [-0.15, -0.1) is 0 Å². The highest BCUT2D eigenvalue weighted by molar-refractivity contribution is 5.93. The molecule has 110 valence electrons. The van der Waals surface area contributed by atoms with Gasteiger partial charge in [0.15, 0.2) is 6.04 Å². The van der Waals surface area contributed by atoms with Gasteiger partial charge in [0.2, 0.25) is 0 Å². The number of nitrogens with one attached hydrogen (secondary N) is 2. The van der Waals surface area contributed by atoms with Gasteiger partial charge < -0.3 is 10.2 Å². The predicted molar refractivity (Wildman–Crippen MR) is 81.5 cm³/mol. The Kier molecular flexibility index (Phi) is 5.06. The molecule has 3 nitrogen and oxygen atoms in total. The second kappa shape index (κ2) is 6.99. The first kappa shape index (κ1) is 15.2. The van der Waals surface area contributed by atoms with Gasteiger partial charge in [0, 0.05) is 5.56 Å². The molecule has 0 radical (unpaired) electrons. The molecule has 0 aromatic heterocycles. The minimum absolute atomic E-state index is 0.187. The second-order valence-corrected chi connectivity index (χ2v) is 5.20. The summed E-state index contributed by atoms with van der Waals surface area (Å²) in [6.45, 7) is 2.58. The highest BCUT2D eigenvalue weighted by Crippen LogP contribution is 2.12. The summed E-state index contributed by atoms with van der Waals surface area (Å²) in [5, 5.41) is 2.64. The van der Waals surface area contributed by atoms with E-state index in [0.717, 1.165) is 11.4 Å². The molecule has 0 aliphatic carbocycles. The van der Waals surface area contributed by atoms with Crippen molar-refractivity contribution >= 4 is 11.6 Å². The Hall–Kier alpha value is -2.20. The van der Waals surface area contributed by atoms with Crippen molar-refractivity contribution in [2.75, 3.05) is 12.4 Å². The van der Waals surface area contributed by atoms with Crippen molar-refractivity contribution in [3.8, 4) is 0 Å². The molecule has 2 rings (SSSR count). The summed E-state index contributed by atoms with van der Waals surface area (Å²) in [4.78, 5) is 13.2. The number of halogens is 1. The van der Waals surface area contributed by atoms with Gasteiger partial charge in [-0.2, -0.15) is 0 Å². The van der Waals surface area contributed by atoms with Crippen LogP contribution in [0, 0.1) is 5.82 Å². The van der Waals surface area contributed by atoms with Crippen LogP contribution in [0.5, 0.6) is 0 Å². The number of amides is 1. The van der Waals surface area contributed by atoms with Crippen LogP contribution in [0.2, 0.25) is 0 Å². The molecule has 0 spiro atoms. The van der Waals surface area contributed by atoms with E-state index in [1.165, 1.54) is 11.6 Å². The number of rotatable bonds is 5. The summed E-state index contributed by atoms with van der Waals surface area (Å²) in [6.07, 6.45) is 0. The number of quaternary nitrogens is 1. The van der Waals surface area contributed by atoms with Crippen LogP contribution >= 0.6 is 0 Å². The summed E-state index contributed by atoms with van der Waals surface area (Å²) in [5.74, 6) is -0.604. The fourth-order valence-corrected chi connectivity index (χ4v) is 2.10. The standard InChI is InChI=1S/C17H19FN2O/c1-13(20(2)12-14-8-4-3-5-9-14)17(21)19-16-11-7-6-10-15(16)18/h3-11,13H,12H2,1-2H3,(H,19,21)/p+1/t13-/m0/s1. The van der Waals surface area contributed by atoms with Crippen molar-refractivity contribution in [1.29, 1.82) is 0 Å². The zero-order chi connectivity index (χ0) is 15.2. The molecule has 0 saturated carbocycles. The maximum Gasteiger partial charge on any atom is 0.282 e. The Morgan fingerprint density at radius 3 is 2.43 bits per heavy atom. The van der Waals surface area contributed by atoms with Crippen molar-refractivity contribution in [2.24, 2.45) is 0 Å². The van der Waals surface area contributed by atoms with Gasteiger partial charge in [-0.1, -0.05) is 42.5 Å². The molecule has 4 heteroatoms. The second-order valence-electron chi connectivity index (χ2n) is 5.20. The van der Waals surface area contributed by atoms with Crippen molar-refractivity contribution in [2.45, 2.75) is 19.5 Å². The summed E-state index contributed by atoms with van der Waals surface area (Å²) in [6, 6.07) is 15.9. The van der Waals surface area contributed by atoms with Gasteiger partial charge in [0.1, 0.15) is 12.4 Å². The SMILES string of the molecule is C[C@@H](C(=O)Nc1ccccc1F)[NH+](C)Cc1ccccc1. The average Bonchev–Trinajstić information content (AvgIpc) is 2.49. The van der Waals surface area contributed by atoms with E-state index in [-0.39, 0.29) is 17.6 Å². The monoisotopic (exact) mass is 287 g/mol. The highest BCUT2D eigenvalue weighted by atomic mass is 19.1. The van der Waals surface area contributed by atoms with Gasteiger partial charge >= 0.3 is 0 Å². The van der Waals surface area contributed by atoms with E-state index in [1.807, 2.05) is 44.3 Å². The van der Waals surface area contributed by atoms with E-state index in [1.54, 1.807) is 18.2 Å². The normalized spacial score (nSPS) is 13.5. The Balaban J connectivity index is 1.97. The fourth-order valence-electron chi connectivity index (χ4n) is 2.10. The van der Waals surface area contributed by atoms with Crippen LogP contribution < -0.4 is 10.2 Å². The molecule has 0 fully saturated rings. The van der Waals surface area contributed by atoms with E-state index in [9.17, 15) is 9.18 Å². The van der Waals surface area contributed by atoms with Gasteiger partial charge in [0.25, 0.3) is 5.91 Å². The number of para-hydroxylation sites is 1. The number of anilines is 1. The summed E-state index contributed by atoms with van der Waals surface area (Å²) >= 11 is 0. The Labute approximate surface area is 124 Å². The molecule has 2 aromatic rings. The predicted octanol–water partition coefficient (Wildman–Crippen LogP) is 1.87. The van der Waals surface area contributed by atoms with E-state index in [0.29, 0.717) is 0 Å². The lowest BCUT2D eigenvalue weighted by Crippen LogP contribution is -3.12. The molecule has 0 bridgehead atoms. The third-order valence-corrected chi connectivity index (χ3v) is 3.59. The third kappa shape index (κ3) is 4.13. The summed E-state index contributed by atoms with van der Waals surface area (Å²) < 4.78 is 13.5. The van der Waals surface area contributed by atoms with Crippen LogP contribution in [0.1, 0.15) is 12.5 Å². The zero-order valence-corrected chi connectivity index (χ0v) is 12.3. The van der Waals surface area contributed by atoms with Crippen LogP contribution in [0.15, 0.2) is 54.6 Å². The third-order valence-electron chi connectivity index (χ3n) is 3.59. The summed E-state index contributed by atoms with van der Waals surface area (Å²) in [7, 11) is 1.96. The minimum Gasteiger partial charge on any atom is -0.324 e.